The van der Waals surface area contributed by atoms with Gasteiger partial charge in [0.1, 0.15) is 12.3 Å². The molecule has 0 aliphatic carbocycles. The number of benzene rings is 1. The van der Waals surface area contributed by atoms with Crippen molar-refractivity contribution in [1.29, 1.82) is 0 Å². The third-order valence-corrected chi connectivity index (χ3v) is 2.58. The molecule has 5 heteroatoms. The lowest BCUT2D eigenvalue weighted by molar-refractivity contribution is -0.124. The lowest BCUT2D eigenvalue weighted by Crippen LogP contribution is -2.47. The Morgan fingerprint density at radius 1 is 1.20 bits per heavy atom. The van der Waals surface area contributed by atoms with Crippen molar-refractivity contribution < 1.29 is 14.3 Å². The predicted octanol–water partition coefficient (Wildman–Crippen LogP) is 1.96. The fourth-order valence-corrected chi connectivity index (χ4v) is 1.75. The van der Waals surface area contributed by atoms with Crippen LogP contribution >= 0.6 is 0 Å². The molecule has 0 aliphatic heterocycles. The van der Waals surface area contributed by atoms with Crippen molar-refractivity contribution in [3.63, 3.8) is 0 Å². The van der Waals surface area contributed by atoms with Crippen LogP contribution in [0.4, 0.5) is 5.69 Å². The third kappa shape index (κ3) is 4.91. The Morgan fingerprint density at radius 3 is 2.15 bits per heavy atom. The van der Waals surface area contributed by atoms with Gasteiger partial charge in [0.05, 0.1) is 7.11 Å². The lowest BCUT2D eigenvalue weighted by atomic mass is 10.1. The van der Waals surface area contributed by atoms with Gasteiger partial charge in [0.15, 0.2) is 0 Å². The summed E-state index contributed by atoms with van der Waals surface area (Å²) in [5, 5.41) is 2.84. The summed E-state index contributed by atoms with van der Waals surface area (Å²) in [5.41, 5.74) is 0.349. The van der Waals surface area contributed by atoms with Gasteiger partial charge in [-0.15, -0.1) is 0 Å². The number of carbonyl (C=O) groups is 2. The Labute approximate surface area is 119 Å². The van der Waals surface area contributed by atoms with E-state index in [4.69, 9.17) is 4.74 Å². The van der Waals surface area contributed by atoms with Crippen molar-refractivity contribution in [2.75, 3.05) is 18.6 Å². The van der Waals surface area contributed by atoms with Crippen molar-refractivity contribution >= 4 is 17.5 Å². The van der Waals surface area contributed by atoms with Gasteiger partial charge in [-0.2, -0.15) is 0 Å². The lowest BCUT2D eigenvalue weighted by Gasteiger charge is -2.25. The number of hydrogen-bond donors (Lipinski definition) is 1. The second kappa shape index (κ2) is 6.41. The Balaban J connectivity index is 2.83. The molecule has 0 bridgehead atoms. The Kier molecular flexibility index (Phi) is 5.13. The zero-order chi connectivity index (χ0) is 15.3. The fraction of sp³-hybridized carbons (Fsp3) is 0.467. The van der Waals surface area contributed by atoms with E-state index in [0.717, 1.165) is 0 Å². The molecule has 0 unspecified atom stereocenters. The fourth-order valence-electron chi connectivity index (χ4n) is 1.75. The van der Waals surface area contributed by atoms with Crippen LogP contribution in [-0.2, 0) is 9.59 Å². The molecule has 0 spiro atoms. The summed E-state index contributed by atoms with van der Waals surface area (Å²) in [7, 11) is 1.58. The topological polar surface area (TPSA) is 58.6 Å². The molecule has 0 saturated carbocycles. The average molecular weight is 278 g/mol. The number of carbonyl (C=O) groups excluding carboxylic acids is 2. The highest BCUT2D eigenvalue weighted by Crippen LogP contribution is 2.19. The molecule has 0 saturated heterocycles. The van der Waals surface area contributed by atoms with Gasteiger partial charge in [0.25, 0.3) is 0 Å². The zero-order valence-electron chi connectivity index (χ0n) is 12.7. The van der Waals surface area contributed by atoms with Crippen LogP contribution in [0.3, 0.4) is 0 Å². The van der Waals surface area contributed by atoms with E-state index in [9.17, 15) is 9.59 Å². The Morgan fingerprint density at radius 2 is 1.75 bits per heavy atom. The van der Waals surface area contributed by atoms with Crippen LogP contribution in [0.1, 0.15) is 27.7 Å². The molecule has 1 aromatic carbocycles. The summed E-state index contributed by atoms with van der Waals surface area (Å²) in [6.07, 6.45) is 0. The number of methoxy groups -OCH3 is 1. The number of nitrogens with one attached hydrogen (secondary N) is 1. The van der Waals surface area contributed by atoms with Crippen LogP contribution in [0, 0.1) is 0 Å². The van der Waals surface area contributed by atoms with E-state index in [0.29, 0.717) is 11.4 Å². The summed E-state index contributed by atoms with van der Waals surface area (Å²) < 4.78 is 5.07. The van der Waals surface area contributed by atoms with E-state index in [2.05, 4.69) is 5.32 Å². The van der Waals surface area contributed by atoms with E-state index < -0.39 is 0 Å². The number of nitrogens with zero attached hydrogens (tertiary/aromatic N) is 1. The van der Waals surface area contributed by atoms with Crippen LogP contribution in [0.5, 0.6) is 5.75 Å². The molecule has 2 amide bonds. The van der Waals surface area contributed by atoms with Crippen LogP contribution < -0.4 is 15.0 Å². The van der Waals surface area contributed by atoms with Gasteiger partial charge in [-0.3, -0.25) is 9.59 Å². The third-order valence-electron chi connectivity index (χ3n) is 2.58. The Bertz CT molecular complexity index is 475. The van der Waals surface area contributed by atoms with Gasteiger partial charge >= 0.3 is 0 Å². The van der Waals surface area contributed by atoms with Gasteiger partial charge in [-0.1, -0.05) is 0 Å². The maximum Gasteiger partial charge on any atom is 0.240 e. The monoisotopic (exact) mass is 278 g/mol. The first-order valence-electron chi connectivity index (χ1n) is 6.46. The summed E-state index contributed by atoms with van der Waals surface area (Å²) in [5.74, 6) is 0.333. The van der Waals surface area contributed by atoms with Crippen molar-refractivity contribution in [3.05, 3.63) is 24.3 Å². The van der Waals surface area contributed by atoms with E-state index in [-0.39, 0.29) is 23.9 Å². The molecular formula is C15H22N2O3. The minimum atomic E-state index is -0.320. The molecule has 1 rings (SSSR count). The smallest absolute Gasteiger partial charge is 0.240 e. The first kappa shape index (κ1) is 16.0. The van der Waals surface area contributed by atoms with E-state index in [1.54, 1.807) is 31.4 Å². The molecule has 0 aliphatic rings. The number of rotatable bonds is 4. The Hall–Kier alpha value is -2.04. The minimum Gasteiger partial charge on any atom is -0.497 e. The predicted molar refractivity (Wildman–Crippen MR) is 78.9 cm³/mol. The SMILES string of the molecule is COc1ccc(N(CC(=O)NC(C)(C)C)C(C)=O)cc1. The quantitative estimate of drug-likeness (QED) is 0.916. The van der Waals surface area contributed by atoms with Crippen molar-refractivity contribution in [2.24, 2.45) is 0 Å². The molecule has 0 heterocycles. The largest absolute Gasteiger partial charge is 0.497 e. The highest BCUT2D eigenvalue weighted by atomic mass is 16.5. The molecular weight excluding hydrogens is 256 g/mol. The number of anilines is 1. The molecule has 110 valence electrons. The maximum atomic E-state index is 11.9. The highest BCUT2D eigenvalue weighted by Gasteiger charge is 2.19. The summed E-state index contributed by atoms with van der Waals surface area (Å²) in [4.78, 5) is 25.1. The highest BCUT2D eigenvalue weighted by molar-refractivity contribution is 5.97. The standard InChI is InChI=1S/C15H22N2O3/c1-11(18)17(10-14(19)16-15(2,3)4)12-6-8-13(20-5)9-7-12/h6-9H,10H2,1-5H3,(H,16,19). The second-order valence-electron chi connectivity index (χ2n) is 5.60. The number of hydrogen-bond acceptors (Lipinski definition) is 3. The molecule has 5 nitrogen and oxygen atoms in total. The second-order valence-corrected chi connectivity index (χ2v) is 5.60. The van der Waals surface area contributed by atoms with Crippen LogP contribution in [0.2, 0.25) is 0 Å². The van der Waals surface area contributed by atoms with E-state index >= 15 is 0 Å². The van der Waals surface area contributed by atoms with Crippen LogP contribution in [-0.4, -0.2) is 31.0 Å². The summed E-state index contributed by atoms with van der Waals surface area (Å²) >= 11 is 0. The van der Waals surface area contributed by atoms with Gasteiger partial charge in [0.2, 0.25) is 11.8 Å². The molecule has 20 heavy (non-hydrogen) atoms. The maximum absolute atomic E-state index is 11.9. The molecule has 1 aromatic rings. The van der Waals surface area contributed by atoms with Crippen molar-refractivity contribution in [3.8, 4) is 5.75 Å². The van der Waals surface area contributed by atoms with E-state index in [1.165, 1.54) is 11.8 Å². The molecule has 1 N–H and O–H groups in total. The molecule has 0 radical (unpaired) electrons. The number of ether oxygens (including phenoxy) is 1. The van der Waals surface area contributed by atoms with Gasteiger partial charge < -0.3 is 15.0 Å². The summed E-state index contributed by atoms with van der Waals surface area (Å²) in [6.45, 7) is 7.14. The average Bonchev–Trinajstić information content (AvgIpc) is 2.34. The van der Waals surface area contributed by atoms with Gasteiger partial charge in [-0.05, 0) is 45.0 Å². The van der Waals surface area contributed by atoms with Gasteiger partial charge in [0, 0.05) is 18.2 Å². The zero-order valence-corrected chi connectivity index (χ0v) is 12.7. The summed E-state index contributed by atoms with van der Waals surface area (Å²) in [6, 6.07) is 7.02. The van der Waals surface area contributed by atoms with Crippen LogP contribution in [0.25, 0.3) is 0 Å². The normalized spacial score (nSPS) is 10.8. The molecule has 0 atom stereocenters. The van der Waals surface area contributed by atoms with Gasteiger partial charge in [-0.25, -0.2) is 0 Å². The number of amides is 2. The molecule has 0 fully saturated rings. The first-order valence-corrected chi connectivity index (χ1v) is 6.46. The molecule has 0 aromatic heterocycles. The van der Waals surface area contributed by atoms with Crippen molar-refractivity contribution in [2.45, 2.75) is 33.2 Å². The van der Waals surface area contributed by atoms with Crippen LogP contribution in [0.15, 0.2) is 24.3 Å². The van der Waals surface area contributed by atoms with E-state index in [1.807, 2.05) is 20.8 Å². The first-order chi connectivity index (χ1) is 9.23. The van der Waals surface area contributed by atoms with Crippen molar-refractivity contribution in [1.82, 2.24) is 5.32 Å². The minimum absolute atomic E-state index is 0.00106.